The summed E-state index contributed by atoms with van der Waals surface area (Å²) in [6.07, 6.45) is 0. The zero-order valence-electron chi connectivity index (χ0n) is 9.67. The molecule has 0 spiro atoms. The highest BCUT2D eigenvalue weighted by atomic mass is 32.2. The van der Waals surface area contributed by atoms with E-state index in [0.717, 1.165) is 15.0 Å². The van der Waals surface area contributed by atoms with Crippen LogP contribution in [0.15, 0.2) is 24.3 Å². The van der Waals surface area contributed by atoms with E-state index in [9.17, 15) is 13.5 Å². The van der Waals surface area contributed by atoms with E-state index in [0.29, 0.717) is 0 Å². The van der Waals surface area contributed by atoms with Crippen LogP contribution in [-0.2, 0) is 15.6 Å². The molecule has 1 aromatic carbocycles. The van der Waals surface area contributed by atoms with E-state index in [1.54, 1.807) is 32.0 Å². The first kappa shape index (κ1) is 12.4. The van der Waals surface area contributed by atoms with Crippen LogP contribution in [0.4, 0.5) is 0 Å². The highest BCUT2D eigenvalue weighted by molar-refractivity contribution is 7.91. The number of thiophene rings is 1. The van der Waals surface area contributed by atoms with Gasteiger partial charge in [-0.3, -0.25) is 0 Å². The van der Waals surface area contributed by atoms with Gasteiger partial charge in [-0.25, -0.2) is 8.42 Å². The molecule has 3 nitrogen and oxygen atoms in total. The van der Waals surface area contributed by atoms with Gasteiger partial charge in [-0.05, 0) is 32.0 Å². The van der Waals surface area contributed by atoms with E-state index in [2.05, 4.69) is 0 Å². The monoisotopic (exact) mass is 270 g/mol. The molecule has 0 bridgehead atoms. The van der Waals surface area contributed by atoms with Gasteiger partial charge in [0, 0.05) is 15.0 Å². The van der Waals surface area contributed by atoms with Crippen molar-refractivity contribution in [2.75, 3.05) is 0 Å². The van der Waals surface area contributed by atoms with Gasteiger partial charge in [-0.15, -0.1) is 11.3 Å². The van der Waals surface area contributed by atoms with Crippen LogP contribution in [0.1, 0.15) is 18.7 Å². The lowest BCUT2D eigenvalue weighted by Crippen LogP contribution is -2.15. The molecular formula is C12H14O3S2. The van der Waals surface area contributed by atoms with Crippen molar-refractivity contribution in [1.82, 2.24) is 0 Å². The Balaban J connectivity index is 2.42. The maximum absolute atomic E-state index is 11.8. The fourth-order valence-corrected chi connectivity index (χ4v) is 3.96. The fourth-order valence-electron chi connectivity index (χ4n) is 1.53. The van der Waals surface area contributed by atoms with E-state index in [4.69, 9.17) is 0 Å². The summed E-state index contributed by atoms with van der Waals surface area (Å²) in [7, 11) is -3.08. The minimum atomic E-state index is -3.08. The Bertz CT molecular complexity index is 639. The van der Waals surface area contributed by atoms with Gasteiger partial charge in [0.1, 0.15) is 5.75 Å². The molecular weight excluding hydrogens is 256 g/mol. The quantitative estimate of drug-likeness (QED) is 0.933. The number of phenols is 1. The smallest absolute Gasteiger partial charge is 0.157 e. The number of hydrogen-bond donors (Lipinski definition) is 1. The lowest BCUT2D eigenvalue weighted by atomic mass is 10.2. The van der Waals surface area contributed by atoms with Gasteiger partial charge in [0.25, 0.3) is 0 Å². The number of rotatable bonds is 3. The molecule has 0 aliphatic carbocycles. The number of aromatic hydroxyl groups is 1. The summed E-state index contributed by atoms with van der Waals surface area (Å²) < 4.78 is 24.5. The Morgan fingerprint density at radius 3 is 2.65 bits per heavy atom. The third-order valence-corrected chi connectivity index (χ3v) is 6.08. The highest BCUT2D eigenvalue weighted by Crippen LogP contribution is 2.33. The van der Waals surface area contributed by atoms with Gasteiger partial charge in [0.05, 0.1) is 11.0 Å². The second kappa shape index (κ2) is 4.31. The topological polar surface area (TPSA) is 54.4 Å². The third kappa shape index (κ3) is 2.45. The molecule has 92 valence electrons. The van der Waals surface area contributed by atoms with Crippen molar-refractivity contribution in [2.45, 2.75) is 24.9 Å². The van der Waals surface area contributed by atoms with Crippen LogP contribution in [0.25, 0.3) is 10.1 Å². The summed E-state index contributed by atoms with van der Waals surface area (Å²) in [5.74, 6) is 0.246. The zero-order valence-corrected chi connectivity index (χ0v) is 11.3. The van der Waals surface area contributed by atoms with Gasteiger partial charge in [0.15, 0.2) is 9.84 Å². The van der Waals surface area contributed by atoms with E-state index < -0.39 is 9.84 Å². The first-order valence-corrected chi connectivity index (χ1v) is 7.85. The molecule has 0 radical (unpaired) electrons. The molecule has 0 saturated carbocycles. The molecule has 2 rings (SSSR count). The van der Waals surface area contributed by atoms with Crippen molar-refractivity contribution < 1.29 is 13.5 Å². The van der Waals surface area contributed by atoms with Crippen molar-refractivity contribution in [3.05, 3.63) is 29.1 Å². The van der Waals surface area contributed by atoms with Crippen LogP contribution in [0.5, 0.6) is 5.75 Å². The minimum absolute atomic E-state index is 0.0451. The summed E-state index contributed by atoms with van der Waals surface area (Å²) in [6, 6.07) is 7.01. The second-order valence-corrected chi connectivity index (χ2v) is 7.98. The van der Waals surface area contributed by atoms with Crippen LogP contribution in [0.3, 0.4) is 0 Å². The van der Waals surface area contributed by atoms with Crippen molar-refractivity contribution in [3.8, 4) is 5.75 Å². The lowest BCUT2D eigenvalue weighted by molar-refractivity contribution is 0.482. The molecule has 0 unspecified atom stereocenters. The summed E-state index contributed by atoms with van der Waals surface area (Å²) >= 11 is 1.42. The molecule has 2 aromatic rings. The van der Waals surface area contributed by atoms with Crippen molar-refractivity contribution >= 4 is 31.3 Å². The summed E-state index contributed by atoms with van der Waals surface area (Å²) in [6.45, 7) is 3.36. The molecule has 0 amide bonds. The maximum atomic E-state index is 11.8. The Hall–Kier alpha value is -1.07. The Morgan fingerprint density at radius 2 is 2.06 bits per heavy atom. The van der Waals surface area contributed by atoms with Gasteiger partial charge in [-0.1, -0.05) is 6.07 Å². The Labute approximate surface area is 105 Å². The maximum Gasteiger partial charge on any atom is 0.157 e. The van der Waals surface area contributed by atoms with Gasteiger partial charge in [0.2, 0.25) is 0 Å². The zero-order chi connectivity index (χ0) is 12.6. The average Bonchev–Trinajstić information content (AvgIpc) is 2.60. The SMILES string of the molecule is CC(C)S(=O)(=O)Cc1cc2c(O)cccc2s1. The molecule has 0 aliphatic rings. The van der Waals surface area contributed by atoms with E-state index in [1.165, 1.54) is 11.3 Å². The molecule has 0 aliphatic heterocycles. The minimum Gasteiger partial charge on any atom is -0.507 e. The molecule has 1 N–H and O–H groups in total. The van der Waals surface area contributed by atoms with Crippen molar-refractivity contribution in [2.24, 2.45) is 0 Å². The van der Waals surface area contributed by atoms with Crippen LogP contribution in [0.2, 0.25) is 0 Å². The van der Waals surface area contributed by atoms with Crippen LogP contribution in [-0.4, -0.2) is 18.8 Å². The van der Waals surface area contributed by atoms with Crippen molar-refractivity contribution in [1.29, 1.82) is 0 Å². The van der Waals surface area contributed by atoms with Crippen molar-refractivity contribution in [3.63, 3.8) is 0 Å². The van der Waals surface area contributed by atoms with E-state index in [1.807, 2.05) is 6.07 Å². The Kier molecular flexibility index (Phi) is 3.14. The predicted octanol–water partition coefficient (Wildman–Crippen LogP) is 2.93. The number of sulfone groups is 1. The second-order valence-electron chi connectivity index (χ2n) is 4.26. The normalized spacial score (nSPS) is 12.4. The van der Waals surface area contributed by atoms with Crippen LogP contribution < -0.4 is 0 Å². The van der Waals surface area contributed by atoms with Gasteiger partial charge >= 0.3 is 0 Å². The lowest BCUT2D eigenvalue weighted by Gasteiger charge is -2.04. The highest BCUT2D eigenvalue weighted by Gasteiger charge is 2.18. The molecule has 0 fully saturated rings. The molecule has 0 saturated heterocycles. The average molecular weight is 270 g/mol. The predicted molar refractivity (Wildman–Crippen MR) is 71.2 cm³/mol. The molecule has 0 atom stereocenters. The van der Waals surface area contributed by atoms with E-state index in [-0.39, 0.29) is 16.8 Å². The number of hydrogen-bond acceptors (Lipinski definition) is 4. The number of fused-ring (bicyclic) bond motifs is 1. The summed E-state index contributed by atoms with van der Waals surface area (Å²) in [5.41, 5.74) is 0. The largest absolute Gasteiger partial charge is 0.507 e. The molecule has 17 heavy (non-hydrogen) atoms. The first-order chi connectivity index (χ1) is 7.90. The standard InChI is InChI=1S/C12H14O3S2/c1-8(2)17(14,15)7-9-6-10-11(13)4-3-5-12(10)16-9/h3-6,8,13H,7H2,1-2H3. The molecule has 1 aromatic heterocycles. The molecule has 1 heterocycles. The Morgan fingerprint density at radius 1 is 1.35 bits per heavy atom. The molecule has 5 heteroatoms. The van der Waals surface area contributed by atoms with Gasteiger partial charge in [-0.2, -0.15) is 0 Å². The number of phenolic OH excluding ortho intramolecular Hbond substituents is 1. The summed E-state index contributed by atoms with van der Waals surface area (Å²) in [5, 5.41) is 10.0. The van der Waals surface area contributed by atoms with E-state index >= 15 is 0 Å². The first-order valence-electron chi connectivity index (χ1n) is 5.32. The third-order valence-electron chi connectivity index (χ3n) is 2.65. The van der Waals surface area contributed by atoms with Gasteiger partial charge < -0.3 is 5.11 Å². The number of benzene rings is 1. The summed E-state index contributed by atoms with van der Waals surface area (Å²) in [4.78, 5) is 0.773. The van der Waals surface area contributed by atoms with Crippen LogP contribution in [0, 0.1) is 0 Å². The van der Waals surface area contributed by atoms with Crippen LogP contribution >= 0.6 is 11.3 Å². The fraction of sp³-hybridized carbons (Fsp3) is 0.333.